The van der Waals surface area contributed by atoms with Crippen molar-refractivity contribution in [1.82, 2.24) is 20.5 Å². The molecule has 1 amide bonds. The first kappa shape index (κ1) is 14.3. The predicted octanol–water partition coefficient (Wildman–Crippen LogP) is 1.54. The lowest BCUT2D eigenvalue weighted by molar-refractivity contribution is -0.129. The summed E-state index contributed by atoms with van der Waals surface area (Å²) in [6, 6.07) is 5.63. The summed E-state index contributed by atoms with van der Waals surface area (Å²) in [6.45, 7) is 5.74. The number of aromatic amines is 1. The molecule has 1 aliphatic heterocycles. The predicted molar refractivity (Wildman–Crippen MR) is 79.8 cm³/mol. The van der Waals surface area contributed by atoms with Crippen molar-refractivity contribution in [3.63, 3.8) is 0 Å². The molecule has 2 aromatic heterocycles. The average molecular weight is 295 g/mol. The SMILES string of the molecule is CC1(C)NC(=O)C(C)(Cc2cn[nH]c2)c2nc(C#N)ccc21. The van der Waals surface area contributed by atoms with Crippen LogP contribution in [0.25, 0.3) is 0 Å². The van der Waals surface area contributed by atoms with Crippen LogP contribution in [0.4, 0.5) is 0 Å². The third kappa shape index (κ3) is 2.06. The van der Waals surface area contributed by atoms with Crippen LogP contribution in [-0.2, 0) is 22.2 Å². The van der Waals surface area contributed by atoms with Gasteiger partial charge in [0.15, 0.2) is 0 Å². The topological polar surface area (TPSA) is 94.5 Å². The number of fused-ring (bicyclic) bond motifs is 1. The second kappa shape index (κ2) is 4.67. The minimum Gasteiger partial charge on any atom is -0.346 e. The first-order valence-electron chi connectivity index (χ1n) is 7.09. The van der Waals surface area contributed by atoms with Gasteiger partial charge in [-0.25, -0.2) is 4.98 Å². The van der Waals surface area contributed by atoms with E-state index in [0.717, 1.165) is 11.1 Å². The molecule has 0 saturated carbocycles. The van der Waals surface area contributed by atoms with E-state index in [9.17, 15) is 4.79 Å². The highest BCUT2D eigenvalue weighted by atomic mass is 16.2. The van der Waals surface area contributed by atoms with E-state index in [2.05, 4.69) is 26.6 Å². The maximum Gasteiger partial charge on any atom is 0.233 e. The number of nitriles is 1. The van der Waals surface area contributed by atoms with Crippen LogP contribution in [0.2, 0.25) is 0 Å². The van der Waals surface area contributed by atoms with E-state index in [4.69, 9.17) is 5.26 Å². The fourth-order valence-electron chi connectivity index (χ4n) is 2.99. The average Bonchev–Trinajstić information content (AvgIpc) is 2.97. The summed E-state index contributed by atoms with van der Waals surface area (Å²) in [5, 5.41) is 18.9. The molecular formula is C16H17N5O. The molecule has 6 nitrogen and oxygen atoms in total. The summed E-state index contributed by atoms with van der Waals surface area (Å²) in [5.74, 6) is -0.0891. The van der Waals surface area contributed by atoms with Crippen molar-refractivity contribution in [2.75, 3.05) is 0 Å². The van der Waals surface area contributed by atoms with E-state index in [1.54, 1.807) is 18.5 Å². The van der Waals surface area contributed by atoms with Crippen molar-refractivity contribution < 1.29 is 4.79 Å². The molecule has 0 bridgehead atoms. The van der Waals surface area contributed by atoms with Crippen LogP contribution in [0.1, 0.15) is 43.3 Å². The zero-order valence-electron chi connectivity index (χ0n) is 12.8. The minimum atomic E-state index is -0.832. The molecule has 3 rings (SSSR count). The van der Waals surface area contributed by atoms with Gasteiger partial charge in [0.25, 0.3) is 0 Å². The number of pyridine rings is 1. The standard InChI is InChI=1S/C16H17N5O/c1-15(2)12-5-4-11(7-17)20-13(12)16(3,14(22)21-15)6-10-8-18-19-9-10/h4-5,8-9H,6H2,1-3H3,(H,18,19)(H,21,22). The molecule has 22 heavy (non-hydrogen) atoms. The van der Waals surface area contributed by atoms with E-state index in [-0.39, 0.29) is 5.91 Å². The summed E-state index contributed by atoms with van der Waals surface area (Å²) in [5.41, 5.74) is 1.51. The molecule has 0 fully saturated rings. The lowest BCUT2D eigenvalue weighted by Gasteiger charge is -2.42. The Morgan fingerprint density at radius 1 is 1.32 bits per heavy atom. The van der Waals surface area contributed by atoms with E-state index in [1.165, 1.54) is 0 Å². The highest BCUT2D eigenvalue weighted by molar-refractivity contribution is 5.90. The summed E-state index contributed by atoms with van der Waals surface area (Å²) in [7, 11) is 0. The molecule has 2 N–H and O–H groups in total. The third-order valence-electron chi connectivity index (χ3n) is 4.25. The number of nitrogens with zero attached hydrogens (tertiary/aromatic N) is 3. The lowest BCUT2D eigenvalue weighted by Crippen LogP contribution is -2.57. The Hall–Kier alpha value is -2.68. The fourth-order valence-corrected chi connectivity index (χ4v) is 2.99. The molecule has 3 heterocycles. The van der Waals surface area contributed by atoms with Crippen LogP contribution >= 0.6 is 0 Å². The molecule has 2 aromatic rings. The van der Waals surface area contributed by atoms with Crippen molar-refractivity contribution in [3.05, 3.63) is 47.0 Å². The van der Waals surface area contributed by atoms with E-state index < -0.39 is 11.0 Å². The molecule has 1 atom stereocenters. The minimum absolute atomic E-state index is 0.0891. The highest BCUT2D eigenvalue weighted by Crippen LogP contribution is 2.39. The molecule has 1 aliphatic rings. The van der Waals surface area contributed by atoms with Crippen LogP contribution in [0.5, 0.6) is 0 Å². The molecule has 112 valence electrons. The number of rotatable bonds is 2. The first-order valence-corrected chi connectivity index (χ1v) is 7.09. The second-order valence-electron chi connectivity index (χ2n) is 6.40. The van der Waals surface area contributed by atoms with Crippen LogP contribution in [0.15, 0.2) is 24.5 Å². The van der Waals surface area contributed by atoms with Gasteiger partial charge in [-0.1, -0.05) is 6.07 Å². The van der Waals surface area contributed by atoms with Gasteiger partial charge >= 0.3 is 0 Å². The van der Waals surface area contributed by atoms with Gasteiger partial charge in [-0.2, -0.15) is 10.4 Å². The monoisotopic (exact) mass is 295 g/mol. The van der Waals surface area contributed by atoms with Crippen molar-refractivity contribution in [2.45, 2.75) is 38.1 Å². The van der Waals surface area contributed by atoms with E-state index >= 15 is 0 Å². The molecule has 1 unspecified atom stereocenters. The maximum absolute atomic E-state index is 12.8. The Kier molecular flexibility index (Phi) is 3.03. The zero-order valence-corrected chi connectivity index (χ0v) is 12.8. The Bertz CT molecular complexity index is 772. The van der Waals surface area contributed by atoms with Gasteiger partial charge in [-0.15, -0.1) is 0 Å². The normalized spacial score (nSPS) is 22.5. The molecule has 0 aliphatic carbocycles. The number of amides is 1. The van der Waals surface area contributed by atoms with Crippen molar-refractivity contribution in [2.24, 2.45) is 0 Å². The largest absolute Gasteiger partial charge is 0.346 e. The number of carbonyl (C=O) groups is 1. The van der Waals surface area contributed by atoms with Gasteiger partial charge in [-0.3, -0.25) is 9.89 Å². The molecule has 0 radical (unpaired) electrons. The number of aromatic nitrogens is 3. The van der Waals surface area contributed by atoms with Crippen LogP contribution in [0, 0.1) is 11.3 Å². The first-order chi connectivity index (χ1) is 10.4. The van der Waals surface area contributed by atoms with E-state index in [0.29, 0.717) is 17.8 Å². The summed E-state index contributed by atoms with van der Waals surface area (Å²) in [6.07, 6.45) is 3.94. The molecule has 0 saturated heterocycles. The number of hydrogen-bond donors (Lipinski definition) is 2. The van der Waals surface area contributed by atoms with E-state index in [1.807, 2.05) is 26.8 Å². The lowest BCUT2D eigenvalue weighted by atomic mass is 9.71. The van der Waals surface area contributed by atoms with Crippen molar-refractivity contribution in [3.8, 4) is 6.07 Å². The Balaban J connectivity index is 2.19. The maximum atomic E-state index is 12.8. The summed E-state index contributed by atoms with van der Waals surface area (Å²) < 4.78 is 0. The molecule has 6 heteroatoms. The van der Waals surface area contributed by atoms with Gasteiger partial charge in [0, 0.05) is 6.20 Å². The Morgan fingerprint density at radius 3 is 2.73 bits per heavy atom. The van der Waals surface area contributed by atoms with Crippen molar-refractivity contribution >= 4 is 5.91 Å². The fraction of sp³-hybridized carbons (Fsp3) is 0.375. The number of carbonyl (C=O) groups excluding carboxylic acids is 1. The van der Waals surface area contributed by atoms with Gasteiger partial charge in [0.05, 0.1) is 22.8 Å². The highest BCUT2D eigenvalue weighted by Gasteiger charge is 2.47. The van der Waals surface area contributed by atoms with Gasteiger partial charge in [-0.05, 0) is 44.4 Å². The van der Waals surface area contributed by atoms with Crippen LogP contribution in [0.3, 0.4) is 0 Å². The number of H-pyrrole nitrogens is 1. The van der Waals surface area contributed by atoms with Crippen molar-refractivity contribution in [1.29, 1.82) is 5.26 Å². The number of hydrogen-bond acceptors (Lipinski definition) is 4. The summed E-state index contributed by atoms with van der Waals surface area (Å²) >= 11 is 0. The molecule has 0 aromatic carbocycles. The van der Waals surface area contributed by atoms with Crippen LogP contribution in [-0.4, -0.2) is 21.1 Å². The van der Waals surface area contributed by atoms with Gasteiger partial charge in [0.2, 0.25) is 5.91 Å². The van der Waals surface area contributed by atoms with Gasteiger partial charge in [0.1, 0.15) is 11.8 Å². The smallest absolute Gasteiger partial charge is 0.233 e. The number of nitrogens with one attached hydrogen (secondary N) is 2. The summed E-state index contributed by atoms with van der Waals surface area (Å²) in [4.78, 5) is 17.2. The second-order valence-corrected chi connectivity index (χ2v) is 6.40. The van der Waals surface area contributed by atoms with Gasteiger partial charge < -0.3 is 5.32 Å². The Morgan fingerprint density at radius 2 is 2.09 bits per heavy atom. The zero-order chi connectivity index (χ0) is 16.0. The van der Waals surface area contributed by atoms with Crippen LogP contribution < -0.4 is 5.32 Å². The quantitative estimate of drug-likeness (QED) is 0.878. The third-order valence-corrected chi connectivity index (χ3v) is 4.25. The molecule has 0 spiro atoms. The Labute approximate surface area is 128 Å². The molecular weight excluding hydrogens is 278 g/mol.